The lowest BCUT2D eigenvalue weighted by molar-refractivity contribution is 0.0949. The van der Waals surface area contributed by atoms with Crippen LogP contribution < -0.4 is 11.0 Å². The van der Waals surface area contributed by atoms with E-state index in [-0.39, 0.29) is 17.2 Å². The molecule has 0 spiro atoms. The third kappa shape index (κ3) is 3.02. The predicted octanol–water partition coefficient (Wildman–Crippen LogP) is 2.23. The summed E-state index contributed by atoms with van der Waals surface area (Å²) in [4.78, 5) is 24.6. The highest BCUT2D eigenvalue weighted by molar-refractivity contribution is 6.05. The van der Waals surface area contributed by atoms with Gasteiger partial charge in [0.15, 0.2) is 5.69 Å². The molecule has 1 aliphatic rings. The molecule has 3 rings (SSSR count). The van der Waals surface area contributed by atoms with Crippen molar-refractivity contribution in [2.24, 2.45) is 18.1 Å². The topological polar surface area (TPSA) is 76.3 Å². The third-order valence-electron chi connectivity index (χ3n) is 4.36. The van der Waals surface area contributed by atoms with Crippen molar-refractivity contribution >= 4 is 22.4 Å². The number of hydrogen-bond donors (Lipinski definition) is 1. The van der Waals surface area contributed by atoms with Crippen LogP contribution in [0.4, 0.5) is 0 Å². The molecular formula is C17H20N4O2. The molecule has 1 aromatic heterocycles. The van der Waals surface area contributed by atoms with Gasteiger partial charge in [0.1, 0.15) is 0 Å². The average Bonchev–Trinajstić information content (AvgIpc) is 2.57. The van der Waals surface area contributed by atoms with E-state index in [1.165, 1.54) is 11.1 Å². The normalized spacial score (nSPS) is 19.9. The summed E-state index contributed by atoms with van der Waals surface area (Å²) in [6.07, 6.45) is 4.35. The number of aromatic nitrogens is 2. The van der Waals surface area contributed by atoms with E-state index in [9.17, 15) is 9.59 Å². The van der Waals surface area contributed by atoms with Crippen LogP contribution in [0.3, 0.4) is 0 Å². The summed E-state index contributed by atoms with van der Waals surface area (Å²) in [5.41, 5.74) is 3.64. The van der Waals surface area contributed by atoms with Crippen molar-refractivity contribution in [3.8, 4) is 0 Å². The van der Waals surface area contributed by atoms with E-state index in [1.54, 1.807) is 31.3 Å². The first-order valence-corrected chi connectivity index (χ1v) is 7.91. The third-order valence-corrected chi connectivity index (χ3v) is 4.36. The Morgan fingerprint density at radius 3 is 2.78 bits per heavy atom. The second kappa shape index (κ2) is 6.32. The summed E-state index contributed by atoms with van der Waals surface area (Å²) in [6, 6.07) is 6.99. The molecule has 6 heteroatoms. The number of nitrogens with one attached hydrogen (secondary N) is 1. The summed E-state index contributed by atoms with van der Waals surface area (Å²) >= 11 is 0. The second-order valence-corrected chi connectivity index (χ2v) is 6.01. The summed E-state index contributed by atoms with van der Waals surface area (Å²) in [5.74, 6) is 0.0101. The van der Waals surface area contributed by atoms with Gasteiger partial charge >= 0.3 is 0 Å². The number of rotatable bonds is 2. The van der Waals surface area contributed by atoms with Crippen molar-refractivity contribution in [1.82, 2.24) is 15.2 Å². The average molecular weight is 312 g/mol. The highest BCUT2D eigenvalue weighted by Gasteiger charge is 2.18. The zero-order chi connectivity index (χ0) is 16.4. The Morgan fingerprint density at radius 1 is 1.30 bits per heavy atom. The molecule has 1 fully saturated rings. The second-order valence-electron chi connectivity index (χ2n) is 6.01. The minimum atomic E-state index is -0.387. The van der Waals surface area contributed by atoms with Crippen molar-refractivity contribution < 1.29 is 4.79 Å². The minimum Gasteiger partial charge on any atom is -0.267 e. The van der Waals surface area contributed by atoms with Gasteiger partial charge in [0.05, 0.1) is 5.39 Å². The van der Waals surface area contributed by atoms with E-state index >= 15 is 0 Å². The maximum absolute atomic E-state index is 12.5. The summed E-state index contributed by atoms with van der Waals surface area (Å²) in [5, 5.41) is 9.42. The van der Waals surface area contributed by atoms with E-state index in [0.717, 1.165) is 25.0 Å². The maximum atomic E-state index is 12.5. The maximum Gasteiger partial charge on any atom is 0.292 e. The van der Waals surface area contributed by atoms with E-state index in [0.29, 0.717) is 16.7 Å². The van der Waals surface area contributed by atoms with Crippen LogP contribution in [-0.2, 0) is 7.05 Å². The van der Waals surface area contributed by atoms with Gasteiger partial charge in [0.25, 0.3) is 11.5 Å². The summed E-state index contributed by atoms with van der Waals surface area (Å²) in [6.45, 7) is 2.13. The number of hydrogen-bond acceptors (Lipinski definition) is 4. The van der Waals surface area contributed by atoms with Crippen LogP contribution in [0.2, 0.25) is 0 Å². The molecule has 0 aliphatic heterocycles. The van der Waals surface area contributed by atoms with E-state index in [1.807, 2.05) is 0 Å². The van der Waals surface area contributed by atoms with Crippen LogP contribution >= 0.6 is 0 Å². The number of nitrogens with zero attached hydrogens (tertiary/aromatic N) is 3. The molecule has 1 N–H and O–H groups in total. The lowest BCUT2D eigenvalue weighted by Crippen LogP contribution is -2.28. The van der Waals surface area contributed by atoms with Crippen LogP contribution in [0, 0.1) is 5.92 Å². The molecule has 0 saturated heterocycles. The van der Waals surface area contributed by atoms with Crippen LogP contribution in [0.1, 0.15) is 43.1 Å². The fraction of sp³-hybridized carbons (Fsp3) is 0.412. The highest BCUT2D eigenvalue weighted by atomic mass is 16.2. The molecule has 1 atom stereocenters. The van der Waals surface area contributed by atoms with Gasteiger partial charge in [-0.05, 0) is 31.2 Å². The molecule has 0 radical (unpaired) electrons. The summed E-state index contributed by atoms with van der Waals surface area (Å²) < 4.78 is 1.19. The number of amides is 1. The van der Waals surface area contributed by atoms with Crippen LogP contribution in [0.5, 0.6) is 0 Å². The van der Waals surface area contributed by atoms with Crippen molar-refractivity contribution in [2.75, 3.05) is 0 Å². The predicted molar refractivity (Wildman–Crippen MR) is 89.5 cm³/mol. The van der Waals surface area contributed by atoms with Crippen molar-refractivity contribution in [3.05, 3.63) is 40.3 Å². The Bertz CT molecular complexity index is 838. The Hall–Kier alpha value is -2.50. The SMILES string of the molecule is CC1CCCC/C1=N/NC(=O)c1nn(C)c(=O)c2ccccc12. The van der Waals surface area contributed by atoms with Gasteiger partial charge in [-0.3, -0.25) is 9.59 Å². The van der Waals surface area contributed by atoms with Gasteiger partial charge in [-0.15, -0.1) is 0 Å². The lowest BCUT2D eigenvalue weighted by atomic mass is 9.89. The van der Waals surface area contributed by atoms with E-state index in [4.69, 9.17) is 0 Å². The quantitative estimate of drug-likeness (QED) is 0.864. The van der Waals surface area contributed by atoms with Crippen molar-refractivity contribution in [1.29, 1.82) is 0 Å². The standard InChI is InChI=1S/C17H20N4O2/c1-11-7-3-6-10-14(11)18-19-16(22)15-12-8-4-5-9-13(12)17(23)21(2)20-15/h4-5,8-9,11H,3,6-7,10H2,1-2H3,(H,19,22)/b18-14-. The highest BCUT2D eigenvalue weighted by Crippen LogP contribution is 2.20. The van der Waals surface area contributed by atoms with E-state index in [2.05, 4.69) is 22.5 Å². The first-order valence-electron chi connectivity index (χ1n) is 7.91. The number of benzene rings is 1. The molecule has 23 heavy (non-hydrogen) atoms. The van der Waals surface area contributed by atoms with Crippen LogP contribution in [0.15, 0.2) is 34.2 Å². The molecule has 1 unspecified atom stereocenters. The molecule has 1 aliphatic carbocycles. The monoisotopic (exact) mass is 312 g/mol. The van der Waals surface area contributed by atoms with Crippen molar-refractivity contribution in [2.45, 2.75) is 32.6 Å². The number of hydrazone groups is 1. The Kier molecular flexibility index (Phi) is 4.23. The molecule has 6 nitrogen and oxygen atoms in total. The molecule has 2 aromatic rings. The fourth-order valence-electron chi connectivity index (χ4n) is 2.98. The molecule has 1 heterocycles. The smallest absolute Gasteiger partial charge is 0.267 e. The molecule has 1 amide bonds. The van der Waals surface area contributed by atoms with Gasteiger partial charge in [0.2, 0.25) is 0 Å². The van der Waals surface area contributed by atoms with Crippen LogP contribution in [0.25, 0.3) is 10.8 Å². The van der Waals surface area contributed by atoms with Gasteiger partial charge < -0.3 is 0 Å². The number of carbonyl (C=O) groups excluding carboxylic acids is 1. The molecule has 120 valence electrons. The van der Waals surface area contributed by atoms with Gasteiger partial charge in [-0.2, -0.15) is 10.2 Å². The van der Waals surface area contributed by atoms with Crippen LogP contribution in [-0.4, -0.2) is 21.4 Å². The lowest BCUT2D eigenvalue weighted by Gasteiger charge is -2.19. The molecule has 1 aromatic carbocycles. The molecule has 1 saturated carbocycles. The first-order chi connectivity index (χ1) is 11.1. The number of aryl methyl sites for hydroxylation is 1. The molecular weight excluding hydrogens is 292 g/mol. The Balaban J connectivity index is 1.94. The zero-order valence-corrected chi connectivity index (χ0v) is 13.4. The van der Waals surface area contributed by atoms with Crippen molar-refractivity contribution in [3.63, 3.8) is 0 Å². The largest absolute Gasteiger partial charge is 0.292 e. The first kappa shape index (κ1) is 15.4. The van der Waals surface area contributed by atoms with Gasteiger partial charge in [-0.1, -0.05) is 31.5 Å². The Labute approximate surface area is 134 Å². The zero-order valence-electron chi connectivity index (χ0n) is 13.4. The van der Waals surface area contributed by atoms with E-state index < -0.39 is 0 Å². The number of fused-ring (bicyclic) bond motifs is 1. The van der Waals surface area contributed by atoms with Gasteiger partial charge in [-0.25, -0.2) is 10.1 Å². The van der Waals surface area contributed by atoms with Gasteiger partial charge in [0, 0.05) is 18.1 Å². The molecule has 0 bridgehead atoms. The Morgan fingerprint density at radius 2 is 2.04 bits per heavy atom. The minimum absolute atomic E-state index is 0.218. The number of carbonyl (C=O) groups is 1. The summed E-state index contributed by atoms with van der Waals surface area (Å²) in [7, 11) is 1.54. The fourth-order valence-corrected chi connectivity index (χ4v) is 2.98.